The number of benzene rings is 2. The number of nitrogens with one attached hydrogen (secondary N) is 1. The van der Waals surface area contributed by atoms with Gasteiger partial charge >= 0.3 is 0 Å². The number of tetrazole rings is 1. The number of para-hydroxylation sites is 1. The molecule has 0 spiro atoms. The zero-order valence-corrected chi connectivity index (χ0v) is 15.0. The van der Waals surface area contributed by atoms with E-state index in [1.54, 1.807) is 12.1 Å². The van der Waals surface area contributed by atoms with E-state index in [1.165, 1.54) is 16.9 Å². The van der Waals surface area contributed by atoms with Crippen molar-refractivity contribution >= 4 is 11.6 Å². The molecule has 0 fully saturated rings. The van der Waals surface area contributed by atoms with Crippen molar-refractivity contribution < 1.29 is 9.18 Å². The molecule has 2 aromatic carbocycles. The van der Waals surface area contributed by atoms with Crippen molar-refractivity contribution in [3.05, 3.63) is 60.4 Å². The van der Waals surface area contributed by atoms with Crippen LogP contribution in [0.3, 0.4) is 0 Å². The lowest BCUT2D eigenvalue weighted by Crippen LogP contribution is -2.31. The van der Waals surface area contributed by atoms with E-state index in [0.717, 1.165) is 18.7 Å². The number of rotatable bonds is 8. The standard InChI is InChI=1S/C19H21FN6O/c1-25(17-9-3-2-4-10-17)12-6-11-21-18(27)14-26-23-19(22-24-26)15-7-5-8-16(20)13-15/h2-5,7-10,13H,6,11-12,14H2,1H3,(H,21,27). The fraction of sp³-hybridized carbons (Fsp3) is 0.263. The van der Waals surface area contributed by atoms with Gasteiger partial charge < -0.3 is 10.2 Å². The number of hydrogen-bond acceptors (Lipinski definition) is 5. The Labute approximate surface area is 156 Å². The summed E-state index contributed by atoms with van der Waals surface area (Å²) in [6.45, 7) is 1.36. The summed E-state index contributed by atoms with van der Waals surface area (Å²) in [6, 6.07) is 16.0. The van der Waals surface area contributed by atoms with Crippen LogP contribution in [0.25, 0.3) is 11.4 Å². The molecular weight excluding hydrogens is 347 g/mol. The number of halogens is 1. The summed E-state index contributed by atoms with van der Waals surface area (Å²) in [6.07, 6.45) is 0.816. The second kappa shape index (κ2) is 8.88. The molecule has 0 radical (unpaired) electrons. The minimum absolute atomic E-state index is 0.0309. The van der Waals surface area contributed by atoms with Gasteiger partial charge in [-0.05, 0) is 35.9 Å². The zero-order valence-electron chi connectivity index (χ0n) is 15.0. The van der Waals surface area contributed by atoms with Gasteiger partial charge in [0.25, 0.3) is 0 Å². The summed E-state index contributed by atoms with van der Waals surface area (Å²) >= 11 is 0. The van der Waals surface area contributed by atoms with Crippen LogP contribution in [-0.4, -0.2) is 46.3 Å². The van der Waals surface area contributed by atoms with Crippen LogP contribution in [0.4, 0.5) is 10.1 Å². The molecule has 140 valence electrons. The van der Waals surface area contributed by atoms with Crippen LogP contribution in [-0.2, 0) is 11.3 Å². The Kier molecular flexibility index (Phi) is 6.09. The molecule has 0 saturated carbocycles. The maximum atomic E-state index is 13.3. The number of carbonyl (C=O) groups excluding carboxylic acids is 1. The molecule has 1 amide bonds. The van der Waals surface area contributed by atoms with E-state index in [4.69, 9.17) is 0 Å². The van der Waals surface area contributed by atoms with Crippen LogP contribution in [0.1, 0.15) is 6.42 Å². The first-order chi connectivity index (χ1) is 13.1. The van der Waals surface area contributed by atoms with Crippen LogP contribution >= 0.6 is 0 Å². The predicted molar refractivity (Wildman–Crippen MR) is 101 cm³/mol. The lowest BCUT2D eigenvalue weighted by atomic mass is 10.2. The Morgan fingerprint density at radius 3 is 2.78 bits per heavy atom. The molecule has 7 nitrogen and oxygen atoms in total. The van der Waals surface area contributed by atoms with Crippen molar-refractivity contribution in [3.8, 4) is 11.4 Å². The van der Waals surface area contributed by atoms with Gasteiger partial charge in [-0.15, -0.1) is 10.2 Å². The molecule has 0 bridgehead atoms. The highest BCUT2D eigenvalue weighted by molar-refractivity contribution is 5.75. The molecule has 0 aliphatic rings. The summed E-state index contributed by atoms with van der Waals surface area (Å²) in [4.78, 5) is 15.3. The maximum absolute atomic E-state index is 13.3. The maximum Gasteiger partial charge on any atom is 0.243 e. The highest BCUT2D eigenvalue weighted by Crippen LogP contribution is 2.14. The number of hydrogen-bond donors (Lipinski definition) is 1. The molecule has 0 unspecified atom stereocenters. The van der Waals surface area contributed by atoms with E-state index >= 15 is 0 Å². The Balaban J connectivity index is 1.42. The van der Waals surface area contributed by atoms with Crippen LogP contribution in [0.2, 0.25) is 0 Å². The molecule has 8 heteroatoms. The Hall–Kier alpha value is -3.29. The van der Waals surface area contributed by atoms with Crippen molar-refractivity contribution in [2.45, 2.75) is 13.0 Å². The zero-order chi connectivity index (χ0) is 19.1. The highest BCUT2D eigenvalue weighted by atomic mass is 19.1. The number of aromatic nitrogens is 4. The summed E-state index contributed by atoms with van der Waals surface area (Å²) in [5.74, 6) is -0.283. The van der Waals surface area contributed by atoms with E-state index in [-0.39, 0.29) is 24.1 Å². The van der Waals surface area contributed by atoms with E-state index in [1.807, 2.05) is 37.4 Å². The first-order valence-corrected chi connectivity index (χ1v) is 8.68. The average Bonchev–Trinajstić information content (AvgIpc) is 3.14. The smallest absolute Gasteiger partial charge is 0.243 e. The predicted octanol–water partition coefficient (Wildman–Crippen LogP) is 2.12. The normalized spacial score (nSPS) is 10.6. The van der Waals surface area contributed by atoms with Gasteiger partial charge in [0, 0.05) is 31.4 Å². The number of amides is 1. The molecule has 0 atom stereocenters. The van der Waals surface area contributed by atoms with E-state index in [0.29, 0.717) is 12.1 Å². The number of anilines is 1. The molecule has 3 rings (SSSR count). The van der Waals surface area contributed by atoms with E-state index < -0.39 is 0 Å². The quantitative estimate of drug-likeness (QED) is 0.617. The van der Waals surface area contributed by atoms with Crippen LogP contribution in [0.15, 0.2) is 54.6 Å². The minimum atomic E-state index is -0.373. The summed E-state index contributed by atoms with van der Waals surface area (Å²) in [7, 11) is 2.02. The van der Waals surface area contributed by atoms with Gasteiger partial charge in [0.2, 0.25) is 11.7 Å². The number of carbonyl (C=O) groups is 1. The Morgan fingerprint density at radius 1 is 1.19 bits per heavy atom. The fourth-order valence-electron chi connectivity index (χ4n) is 2.59. The molecule has 27 heavy (non-hydrogen) atoms. The molecule has 1 heterocycles. The topological polar surface area (TPSA) is 75.9 Å². The molecule has 3 aromatic rings. The molecule has 0 saturated heterocycles. The van der Waals surface area contributed by atoms with Gasteiger partial charge in [0.05, 0.1) is 0 Å². The van der Waals surface area contributed by atoms with Gasteiger partial charge in [0.15, 0.2) is 0 Å². The van der Waals surface area contributed by atoms with Gasteiger partial charge in [-0.1, -0.05) is 30.3 Å². The average molecular weight is 368 g/mol. The first-order valence-electron chi connectivity index (χ1n) is 8.68. The van der Waals surface area contributed by atoms with Gasteiger partial charge in [-0.2, -0.15) is 4.80 Å². The summed E-state index contributed by atoms with van der Waals surface area (Å²) in [5.41, 5.74) is 1.66. The van der Waals surface area contributed by atoms with Gasteiger partial charge in [0.1, 0.15) is 12.4 Å². The second-order valence-electron chi connectivity index (χ2n) is 6.11. The molecule has 0 aliphatic heterocycles. The molecular formula is C19H21FN6O. The second-order valence-corrected chi connectivity index (χ2v) is 6.11. The lowest BCUT2D eigenvalue weighted by Gasteiger charge is -2.19. The van der Waals surface area contributed by atoms with Crippen molar-refractivity contribution in [3.63, 3.8) is 0 Å². The van der Waals surface area contributed by atoms with E-state index in [2.05, 4.69) is 25.6 Å². The lowest BCUT2D eigenvalue weighted by molar-refractivity contribution is -0.122. The Bertz CT molecular complexity index is 883. The third-order valence-corrected chi connectivity index (χ3v) is 4.01. The first kappa shape index (κ1) is 18.5. The number of nitrogens with zero attached hydrogens (tertiary/aromatic N) is 5. The third kappa shape index (κ3) is 5.34. The van der Waals surface area contributed by atoms with Crippen molar-refractivity contribution in [2.75, 3.05) is 25.0 Å². The Morgan fingerprint density at radius 2 is 2.00 bits per heavy atom. The fourth-order valence-corrected chi connectivity index (χ4v) is 2.59. The van der Waals surface area contributed by atoms with Crippen molar-refractivity contribution in [2.24, 2.45) is 0 Å². The van der Waals surface area contributed by atoms with Gasteiger partial charge in [-0.25, -0.2) is 4.39 Å². The molecule has 1 aromatic heterocycles. The van der Waals surface area contributed by atoms with Crippen LogP contribution in [0.5, 0.6) is 0 Å². The summed E-state index contributed by atoms with van der Waals surface area (Å²) in [5, 5.41) is 14.7. The monoisotopic (exact) mass is 368 g/mol. The summed E-state index contributed by atoms with van der Waals surface area (Å²) < 4.78 is 13.3. The van der Waals surface area contributed by atoms with Crippen molar-refractivity contribution in [1.82, 2.24) is 25.5 Å². The highest BCUT2D eigenvalue weighted by Gasteiger charge is 2.10. The van der Waals surface area contributed by atoms with Gasteiger partial charge in [-0.3, -0.25) is 4.79 Å². The third-order valence-electron chi connectivity index (χ3n) is 4.01. The van der Waals surface area contributed by atoms with Crippen LogP contribution < -0.4 is 10.2 Å². The van der Waals surface area contributed by atoms with Crippen LogP contribution in [0, 0.1) is 5.82 Å². The largest absolute Gasteiger partial charge is 0.375 e. The van der Waals surface area contributed by atoms with E-state index in [9.17, 15) is 9.18 Å². The SMILES string of the molecule is CN(CCCNC(=O)Cn1nnc(-c2cccc(F)c2)n1)c1ccccc1. The van der Waals surface area contributed by atoms with Crippen molar-refractivity contribution in [1.29, 1.82) is 0 Å². The molecule has 0 aliphatic carbocycles. The molecule has 1 N–H and O–H groups in total. The minimum Gasteiger partial charge on any atom is -0.375 e.